The lowest BCUT2D eigenvalue weighted by atomic mass is 10.1. The Morgan fingerprint density at radius 2 is 2.13 bits per heavy atom. The molecule has 0 radical (unpaired) electrons. The standard InChI is InChI=1S/C17H21N5O/c1-2-4-16-15(3-1)21-17(23-16)22-9-6-14(7-10-22)18-8-5-13-11-19-20-12-13/h1-4,11-12,14,18H,5-10H2,(H,19,20). The summed E-state index contributed by atoms with van der Waals surface area (Å²) in [6.07, 6.45) is 7.09. The lowest BCUT2D eigenvalue weighted by molar-refractivity contribution is 0.403. The molecule has 23 heavy (non-hydrogen) atoms. The number of rotatable bonds is 5. The van der Waals surface area contributed by atoms with Crippen molar-refractivity contribution in [3.63, 3.8) is 0 Å². The third kappa shape index (κ3) is 3.22. The Morgan fingerprint density at radius 3 is 2.91 bits per heavy atom. The second kappa shape index (κ2) is 6.42. The minimum Gasteiger partial charge on any atom is -0.423 e. The van der Waals surface area contributed by atoms with Crippen molar-refractivity contribution in [2.75, 3.05) is 24.5 Å². The van der Waals surface area contributed by atoms with Gasteiger partial charge in [0.2, 0.25) is 0 Å². The summed E-state index contributed by atoms with van der Waals surface area (Å²) in [6, 6.07) is 9.26. The number of aromatic amines is 1. The van der Waals surface area contributed by atoms with Crippen LogP contribution < -0.4 is 10.2 Å². The van der Waals surface area contributed by atoms with Gasteiger partial charge in [-0.15, -0.1) is 0 Å². The molecule has 6 heteroatoms. The Kier molecular flexibility index (Phi) is 3.98. The molecule has 3 aromatic rings. The van der Waals surface area contributed by atoms with Gasteiger partial charge in [0.05, 0.1) is 6.20 Å². The number of nitrogens with one attached hydrogen (secondary N) is 2. The Balaban J connectivity index is 1.28. The van der Waals surface area contributed by atoms with Crippen LogP contribution in [0.4, 0.5) is 6.01 Å². The zero-order valence-electron chi connectivity index (χ0n) is 13.0. The van der Waals surface area contributed by atoms with Crippen LogP contribution in [0.2, 0.25) is 0 Å². The molecule has 2 aromatic heterocycles. The van der Waals surface area contributed by atoms with Crippen molar-refractivity contribution >= 4 is 17.1 Å². The number of hydrogen-bond donors (Lipinski definition) is 2. The highest BCUT2D eigenvalue weighted by Gasteiger charge is 2.22. The molecule has 3 heterocycles. The third-order valence-electron chi connectivity index (χ3n) is 4.45. The quantitative estimate of drug-likeness (QED) is 0.757. The predicted octanol–water partition coefficient (Wildman–Crippen LogP) is 2.35. The van der Waals surface area contributed by atoms with Gasteiger partial charge in [-0.25, -0.2) is 0 Å². The van der Waals surface area contributed by atoms with Crippen molar-refractivity contribution in [3.05, 3.63) is 42.2 Å². The average molecular weight is 311 g/mol. The monoisotopic (exact) mass is 311 g/mol. The fourth-order valence-corrected chi connectivity index (χ4v) is 3.11. The van der Waals surface area contributed by atoms with Gasteiger partial charge in [-0.2, -0.15) is 10.1 Å². The van der Waals surface area contributed by atoms with Crippen LogP contribution >= 0.6 is 0 Å². The molecular formula is C17H21N5O. The summed E-state index contributed by atoms with van der Waals surface area (Å²) in [4.78, 5) is 6.83. The average Bonchev–Trinajstić information content (AvgIpc) is 3.24. The maximum Gasteiger partial charge on any atom is 0.298 e. The van der Waals surface area contributed by atoms with Gasteiger partial charge in [0, 0.05) is 25.3 Å². The smallest absolute Gasteiger partial charge is 0.298 e. The number of aromatic nitrogens is 3. The van der Waals surface area contributed by atoms with Gasteiger partial charge in [0.15, 0.2) is 5.58 Å². The van der Waals surface area contributed by atoms with E-state index in [1.165, 1.54) is 5.56 Å². The van der Waals surface area contributed by atoms with E-state index in [4.69, 9.17) is 4.42 Å². The summed E-state index contributed by atoms with van der Waals surface area (Å²) >= 11 is 0. The maximum absolute atomic E-state index is 5.86. The zero-order chi connectivity index (χ0) is 15.5. The van der Waals surface area contributed by atoms with E-state index in [0.29, 0.717) is 6.04 Å². The number of fused-ring (bicyclic) bond motifs is 1. The molecule has 0 atom stereocenters. The largest absolute Gasteiger partial charge is 0.423 e. The van der Waals surface area contributed by atoms with Crippen LogP contribution in [0.3, 0.4) is 0 Å². The van der Waals surface area contributed by atoms with Crippen molar-refractivity contribution in [2.24, 2.45) is 0 Å². The van der Waals surface area contributed by atoms with Gasteiger partial charge in [0.1, 0.15) is 5.52 Å². The van der Waals surface area contributed by atoms with E-state index >= 15 is 0 Å². The van der Waals surface area contributed by atoms with Crippen molar-refractivity contribution in [1.29, 1.82) is 0 Å². The van der Waals surface area contributed by atoms with Crippen LogP contribution in [0, 0.1) is 0 Å². The van der Waals surface area contributed by atoms with E-state index in [1.807, 2.05) is 36.7 Å². The molecule has 1 saturated heterocycles. The van der Waals surface area contributed by atoms with Gasteiger partial charge in [0.25, 0.3) is 6.01 Å². The van der Waals surface area contributed by atoms with Crippen LogP contribution in [0.25, 0.3) is 11.1 Å². The van der Waals surface area contributed by atoms with Crippen LogP contribution in [-0.4, -0.2) is 40.9 Å². The zero-order valence-corrected chi connectivity index (χ0v) is 13.0. The first kappa shape index (κ1) is 14.3. The predicted molar refractivity (Wildman–Crippen MR) is 89.5 cm³/mol. The molecule has 1 aromatic carbocycles. The van der Waals surface area contributed by atoms with Gasteiger partial charge in [-0.1, -0.05) is 12.1 Å². The first-order chi connectivity index (χ1) is 11.4. The summed E-state index contributed by atoms with van der Waals surface area (Å²) in [7, 11) is 0. The number of hydrogen-bond acceptors (Lipinski definition) is 5. The van der Waals surface area contributed by atoms with Crippen LogP contribution in [-0.2, 0) is 6.42 Å². The Labute approximate surface area is 134 Å². The number of para-hydroxylation sites is 2. The number of nitrogens with zero attached hydrogens (tertiary/aromatic N) is 3. The highest BCUT2D eigenvalue weighted by Crippen LogP contribution is 2.24. The SMILES string of the molecule is c1ccc2oc(N3CCC(NCCc4cn[nH]c4)CC3)nc2c1. The second-order valence-electron chi connectivity index (χ2n) is 6.04. The minimum absolute atomic E-state index is 0.572. The molecule has 4 rings (SSSR count). The van der Waals surface area contributed by atoms with Crippen LogP contribution in [0.15, 0.2) is 41.1 Å². The molecule has 0 spiro atoms. The van der Waals surface area contributed by atoms with Gasteiger partial charge in [-0.05, 0) is 43.5 Å². The number of H-pyrrole nitrogens is 1. The third-order valence-corrected chi connectivity index (χ3v) is 4.45. The fraction of sp³-hybridized carbons (Fsp3) is 0.412. The molecule has 0 aliphatic carbocycles. The van der Waals surface area contributed by atoms with Crippen molar-refractivity contribution in [1.82, 2.24) is 20.5 Å². The summed E-state index contributed by atoms with van der Waals surface area (Å²) in [5.74, 6) is 0. The molecule has 1 fully saturated rings. The first-order valence-electron chi connectivity index (χ1n) is 8.20. The first-order valence-corrected chi connectivity index (χ1v) is 8.20. The van der Waals surface area contributed by atoms with E-state index in [9.17, 15) is 0 Å². The summed E-state index contributed by atoms with van der Waals surface area (Å²) in [6.45, 7) is 2.96. The van der Waals surface area contributed by atoms with E-state index in [2.05, 4.69) is 25.4 Å². The van der Waals surface area contributed by atoms with E-state index in [0.717, 1.165) is 56.0 Å². The fourth-order valence-electron chi connectivity index (χ4n) is 3.11. The topological polar surface area (TPSA) is 70.0 Å². The molecule has 2 N–H and O–H groups in total. The van der Waals surface area contributed by atoms with Gasteiger partial charge in [-0.3, -0.25) is 5.10 Å². The Morgan fingerprint density at radius 1 is 1.26 bits per heavy atom. The van der Waals surface area contributed by atoms with Crippen LogP contribution in [0.5, 0.6) is 0 Å². The molecular weight excluding hydrogens is 290 g/mol. The lowest BCUT2D eigenvalue weighted by Crippen LogP contribution is -2.43. The maximum atomic E-state index is 5.86. The number of benzene rings is 1. The van der Waals surface area contributed by atoms with Crippen molar-refractivity contribution in [3.8, 4) is 0 Å². The minimum atomic E-state index is 0.572. The molecule has 0 amide bonds. The summed E-state index contributed by atoms with van der Waals surface area (Å²) in [5, 5.41) is 10.5. The molecule has 1 aliphatic rings. The molecule has 0 unspecified atom stereocenters. The van der Waals surface area contributed by atoms with Crippen molar-refractivity contribution in [2.45, 2.75) is 25.3 Å². The Hall–Kier alpha value is -2.34. The lowest BCUT2D eigenvalue weighted by Gasteiger charge is -2.31. The van der Waals surface area contributed by atoms with Gasteiger partial charge < -0.3 is 14.6 Å². The molecule has 0 saturated carbocycles. The number of piperidine rings is 1. The van der Waals surface area contributed by atoms with E-state index < -0.39 is 0 Å². The number of anilines is 1. The second-order valence-corrected chi connectivity index (χ2v) is 6.04. The molecule has 6 nitrogen and oxygen atoms in total. The molecule has 120 valence electrons. The normalized spacial score (nSPS) is 16.3. The molecule has 0 bridgehead atoms. The number of oxazole rings is 1. The van der Waals surface area contributed by atoms with E-state index in [1.54, 1.807) is 0 Å². The van der Waals surface area contributed by atoms with E-state index in [-0.39, 0.29) is 0 Å². The summed E-state index contributed by atoms with van der Waals surface area (Å²) in [5.41, 5.74) is 3.05. The highest BCUT2D eigenvalue weighted by molar-refractivity contribution is 5.74. The van der Waals surface area contributed by atoms with Crippen molar-refractivity contribution < 1.29 is 4.42 Å². The van der Waals surface area contributed by atoms with Gasteiger partial charge >= 0.3 is 0 Å². The summed E-state index contributed by atoms with van der Waals surface area (Å²) < 4.78 is 5.86. The molecule has 1 aliphatic heterocycles. The Bertz CT molecular complexity index is 710. The van der Waals surface area contributed by atoms with Crippen LogP contribution in [0.1, 0.15) is 18.4 Å². The highest BCUT2D eigenvalue weighted by atomic mass is 16.4.